The van der Waals surface area contributed by atoms with Gasteiger partial charge in [-0.25, -0.2) is 0 Å². The van der Waals surface area contributed by atoms with Crippen LogP contribution in [0.4, 0.5) is 0 Å². The predicted octanol–water partition coefficient (Wildman–Crippen LogP) is 4.97. The summed E-state index contributed by atoms with van der Waals surface area (Å²) in [7, 11) is 1.69. The first-order valence-electron chi connectivity index (χ1n) is 7.69. The first kappa shape index (κ1) is 13.8. The fourth-order valence-electron chi connectivity index (χ4n) is 3.09. The Bertz CT molecular complexity index is 907. The van der Waals surface area contributed by atoms with Crippen molar-refractivity contribution in [1.82, 2.24) is 4.98 Å². The summed E-state index contributed by atoms with van der Waals surface area (Å²) in [6.07, 6.45) is 4.09. The van der Waals surface area contributed by atoms with Crippen LogP contribution in [-0.2, 0) is 0 Å². The molecule has 0 radical (unpaired) electrons. The lowest BCUT2D eigenvalue weighted by Gasteiger charge is -2.05. The van der Waals surface area contributed by atoms with Crippen molar-refractivity contribution in [2.24, 2.45) is 0 Å². The van der Waals surface area contributed by atoms with Gasteiger partial charge < -0.3 is 4.74 Å². The summed E-state index contributed by atoms with van der Waals surface area (Å²) in [5.41, 5.74) is 8.39. The molecule has 0 saturated carbocycles. The molecule has 0 bridgehead atoms. The average Bonchev–Trinajstić information content (AvgIpc) is 2.89. The smallest absolute Gasteiger partial charge is 0.118 e. The lowest BCUT2D eigenvalue weighted by atomic mass is 10.00. The van der Waals surface area contributed by atoms with Crippen LogP contribution in [0.5, 0.6) is 5.75 Å². The molecule has 23 heavy (non-hydrogen) atoms. The summed E-state index contributed by atoms with van der Waals surface area (Å²) in [6.45, 7) is 2.13. The number of fused-ring (bicyclic) bond motifs is 3. The SMILES string of the molecule is COc1ccc(/C=C2/c3cc(C)ccc3-c3ncccc32)cc1. The molecule has 1 aromatic heterocycles. The minimum atomic E-state index is 0.872. The second kappa shape index (κ2) is 5.40. The Labute approximate surface area is 136 Å². The van der Waals surface area contributed by atoms with Crippen molar-refractivity contribution in [3.63, 3.8) is 0 Å². The molecule has 0 atom stereocenters. The molecule has 2 heteroatoms. The summed E-state index contributed by atoms with van der Waals surface area (Å²) in [5.74, 6) is 0.872. The maximum atomic E-state index is 5.24. The van der Waals surface area contributed by atoms with E-state index in [4.69, 9.17) is 4.74 Å². The first-order valence-corrected chi connectivity index (χ1v) is 7.69. The van der Waals surface area contributed by atoms with Crippen LogP contribution in [0.15, 0.2) is 60.8 Å². The Hall–Kier alpha value is -2.87. The molecule has 0 fully saturated rings. The largest absolute Gasteiger partial charge is 0.497 e. The number of ether oxygens (including phenoxy) is 1. The molecule has 0 unspecified atom stereocenters. The van der Waals surface area contributed by atoms with E-state index < -0.39 is 0 Å². The third-order valence-corrected chi connectivity index (χ3v) is 4.25. The quantitative estimate of drug-likeness (QED) is 0.521. The van der Waals surface area contributed by atoms with E-state index in [0.717, 1.165) is 17.0 Å². The lowest BCUT2D eigenvalue weighted by Crippen LogP contribution is -1.85. The summed E-state index contributed by atoms with van der Waals surface area (Å²) in [5, 5.41) is 0. The van der Waals surface area contributed by atoms with Crippen LogP contribution in [0.25, 0.3) is 22.9 Å². The van der Waals surface area contributed by atoms with Gasteiger partial charge in [0, 0.05) is 17.3 Å². The van der Waals surface area contributed by atoms with Crippen molar-refractivity contribution in [1.29, 1.82) is 0 Å². The third-order valence-electron chi connectivity index (χ3n) is 4.25. The van der Waals surface area contributed by atoms with Crippen molar-refractivity contribution in [3.05, 3.63) is 83.0 Å². The predicted molar refractivity (Wildman–Crippen MR) is 94.4 cm³/mol. The second-order valence-electron chi connectivity index (χ2n) is 5.78. The summed E-state index contributed by atoms with van der Waals surface area (Å²) in [4.78, 5) is 4.59. The van der Waals surface area contributed by atoms with Gasteiger partial charge >= 0.3 is 0 Å². The molecule has 1 aliphatic carbocycles. The molecule has 4 rings (SSSR count). The second-order valence-corrected chi connectivity index (χ2v) is 5.78. The number of aryl methyl sites for hydroxylation is 1. The van der Waals surface area contributed by atoms with E-state index in [1.807, 2.05) is 24.4 Å². The van der Waals surface area contributed by atoms with E-state index in [-0.39, 0.29) is 0 Å². The van der Waals surface area contributed by atoms with Crippen LogP contribution >= 0.6 is 0 Å². The van der Waals surface area contributed by atoms with Crippen LogP contribution in [0.1, 0.15) is 22.3 Å². The van der Waals surface area contributed by atoms with Gasteiger partial charge in [-0.05, 0) is 47.9 Å². The van der Waals surface area contributed by atoms with Crippen molar-refractivity contribution in [2.75, 3.05) is 7.11 Å². The van der Waals surface area contributed by atoms with Gasteiger partial charge in [0.25, 0.3) is 0 Å². The van der Waals surface area contributed by atoms with Gasteiger partial charge in [-0.3, -0.25) is 4.98 Å². The molecule has 0 amide bonds. The van der Waals surface area contributed by atoms with Gasteiger partial charge in [-0.1, -0.05) is 42.0 Å². The van der Waals surface area contributed by atoms with Crippen LogP contribution in [-0.4, -0.2) is 12.1 Å². The van der Waals surface area contributed by atoms with Crippen LogP contribution in [0.3, 0.4) is 0 Å². The van der Waals surface area contributed by atoms with Crippen molar-refractivity contribution >= 4 is 11.6 Å². The Morgan fingerprint density at radius 1 is 0.913 bits per heavy atom. The van der Waals surface area contributed by atoms with Crippen molar-refractivity contribution in [2.45, 2.75) is 6.92 Å². The number of benzene rings is 2. The van der Waals surface area contributed by atoms with Gasteiger partial charge in [0.05, 0.1) is 12.8 Å². The van der Waals surface area contributed by atoms with Crippen LogP contribution < -0.4 is 4.74 Å². The number of hydrogen-bond acceptors (Lipinski definition) is 2. The summed E-state index contributed by atoms with van der Waals surface area (Å²) < 4.78 is 5.24. The number of pyridine rings is 1. The number of hydrogen-bond donors (Lipinski definition) is 0. The van der Waals surface area contributed by atoms with Crippen molar-refractivity contribution in [3.8, 4) is 17.0 Å². The Morgan fingerprint density at radius 3 is 2.52 bits per heavy atom. The highest BCUT2D eigenvalue weighted by atomic mass is 16.5. The monoisotopic (exact) mass is 299 g/mol. The highest BCUT2D eigenvalue weighted by Crippen LogP contribution is 2.44. The first-order chi connectivity index (χ1) is 11.3. The number of nitrogens with zero attached hydrogens (tertiary/aromatic N) is 1. The average molecular weight is 299 g/mol. The maximum absolute atomic E-state index is 5.24. The van der Waals surface area contributed by atoms with Gasteiger partial charge in [-0.2, -0.15) is 0 Å². The lowest BCUT2D eigenvalue weighted by molar-refractivity contribution is 0.415. The summed E-state index contributed by atoms with van der Waals surface area (Å²) >= 11 is 0. The maximum Gasteiger partial charge on any atom is 0.118 e. The van der Waals surface area contributed by atoms with Gasteiger partial charge in [0.2, 0.25) is 0 Å². The number of aromatic nitrogens is 1. The van der Waals surface area contributed by atoms with E-state index in [2.05, 4.69) is 54.4 Å². The molecule has 3 aromatic rings. The molecule has 0 spiro atoms. The Balaban J connectivity index is 1.90. The van der Waals surface area contributed by atoms with Gasteiger partial charge in [0.1, 0.15) is 5.75 Å². The van der Waals surface area contributed by atoms with Gasteiger partial charge in [-0.15, -0.1) is 0 Å². The zero-order valence-electron chi connectivity index (χ0n) is 13.2. The molecule has 2 nitrogen and oxygen atoms in total. The molecule has 1 aliphatic rings. The van der Waals surface area contributed by atoms with E-state index in [1.54, 1.807) is 7.11 Å². The fraction of sp³-hybridized carbons (Fsp3) is 0.0952. The van der Waals surface area contributed by atoms with Gasteiger partial charge in [0.15, 0.2) is 0 Å². The standard InChI is InChI=1S/C21H17NO/c1-14-5-10-18-19(12-14)20(17-4-3-11-22-21(17)18)13-15-6-8-16(23-2)9-7-15/h3-13H,1-2H3/b20-13+. The molecule has 2 aromatic carbocycles. The number of methoxy groups -OCH3 is 1. The summed E-state index contributed by atoms with van der Waals surface area (Å²) in [6, 6.07) is 18.8. The number of rotatable bonds is 2. The molecular weight excluding hydrogens is 282 g/mol. The minimum Gasteiger partial charge on any atom is -0.497 e. The Morgan fingerprint density at radius 2 is 1.74 bits per heavy atom. The van der Waals surface area contributed by atoms with E-state index >= 15 is 0 Å². The fourth-order valence-corrected chi connectivity index (χ4v) is 3.09. The van der Waals surface area contributed by atoms with E-state index in [1.165, 1.54) is 27.8 Å². The molecule has 0 aliphatic heterocycles. The zero-order valence-corrected chi connectivity index (χ0v) is 13.2. The molecule has 112 valence electrons. The topological polar surface area (TPSA) is 22.1 Å². The highest BCUT2D eigenvalue weighted by Gasteiger charge is 2.24. The Kier molecular flexibility index (Phi) is 3.23. The van der Waals surface area contributed by atoms with Crippen molar-refractivity contribution < 1.29 is 4.74 Å². The molecule has 0 saturated heterocycles. The molecule has 0 N–H and O–H groups in total. The van der Waals surface area contributed by atoms with E-state index in [9.17, 15) is 0 Å². The minimum absolute atomic E-state index is 0.872. The third kappa shape index (κ3) is 2.33. The highest BCUT2D eigenvalue weighted by molar-refractivity contribution is 6.05. The van der Waals surface area contributed by atoms with E-state index in [0.29, 0.717) is 0 Å². The van der Waals surface area contributed by atoms with Crippen LogP contribution in [0.2, 0.25) is 0 Å². The normalized spacial score (nSPS) is 13.7. The molecule has 1 heterocycles. The van der Waals surface area contributed by atoms with Crippen LogP contribution in [0, 0.1) is 6.92 Å². The molecular formula is C21H17NO. The zero-order chi connectivity index (χ0) is 15.8.